The highest BCUT2D eigenvalue weighted by molar-refractivity contribution is 7.17. The van der Waals surface area contributed by atoms with Crippen molar-refractivity contribution in [3.63, 3.8) is 0 Å². The van der Waals surface area contributed by atoms with Gasteiger partial charge in [-0.2, -0.15) is 5.26 Å². The average molecular weight is 543 g/mol. The van der Waals surface area contributed by atoms with Crippen LogP contribution in [0.1, 0.15) is 40.0 Å². The summed E-state index contributed by atoms with van der Waals surface area (Å²) >= 11 is 1.31. The van der Waals surface area contributed by atoms with E-state index in [2.05, 4.69) is 16.7 Å². The molecule has 3 N–H and O–H groups in total. The fourth-order valence-corrected chi connectivity index (χ4v) is 8.21. The van der Waals surface area contributed by atoms with Crippen LogP contribution in [0.25, 0.3) is 0 Å². The Morgan fingerprint density at radius 3 is 2.64 bits per heavy atom. The lowest BCUT2D eigenvalue weighted by atomic mass is 9.76. The van der Waals surface area contributed by atoms with Gasteiger partial charge < -0.3 is 10.4 Å². The summed E-state index contributed by atoms with van der Waals surface area (Å²) in [6.07, 6.45) is 3.73. The number of nitriles is 1. The van der Waals surface area contributed by atoms with Gasteiger partial charge in [-0.3, -0.25) is 19.7 Å². The van der Waals surface area contributed by atoms with Gasteiger partial charge in [0.25, 0.3) is 0 Å². The molecule has 4 heterocycles. The predicted octanol–water partition coefficient (Wildman–Crippen LogP) is 3.51. The number of carbonyl (C=O) groups excluding carboxylic acids is 3. The van der Waals surface area contributed by atoms with Crippen molar-refractivity contribution in [2.24, 2.45) is 11.8 Å². The van der Waals surface area contributed by atoms with Gasteiger partial charge in [0.05, 0.1) is 17.4 Å². The smallest absolute Gasteiger partial charge is 0.250 e. The van der Waals surface area contributed by atoms with Crippen LogP contribution in [0.3, 0.4) is 0 Å². The number of benzene rings is 2. The molecule has 0 unspecified atom stereocenters. The van der Waals surface area contributed by atoms with Crippen molar-refractivity contribution in [2.75, 3.05) is 10.2 Å². The summed E-state index contributed by atoms with van der Waals surface area (Å²) in [5, 5.41) is 26.2. The molecule has 3 amide bonds. The number of thiophene rings is 1. The van der Waals surface area contributed by atoms with Gasteiger partial charge in [-0.15, -0.1) is 11.3 Å². The topological polar surface area (TPSA) is 123 Å². The number of rotatable bonds is 3. The summed E-state index contributed by atoms with van der Waals surface area (Å²) in [4.78, 5) is 44.3. The molecule has 3 aromatic rings. The summed E-state index contributed by atoms with van der Waals surface area (Å²) in [6, 6.07) is 12.0. The van der Waals surface area contributed by atoms with Gasteiger partial charge in [0.2, 0.25) is 17.7 Å². The Balaban J connectivity index is 1.38. The zero-order chi connectivity index (χ0) is 27.1. The maximum atomic E-state index is 14.5. The van der Waals surface area contributed by atoms with Crippen molar-refractivity contribution in [1.29, 1.82) is 5.26 Å². The van der Waals surface area contributed by atoms with Gasteiger partial charge in [0.15, 0.2) is 0 Å². The number of anilines is 2. The van der Waals surface area contributed by atoms with E-state index in [4.69, 9.17) is 0 Å². The monoisotopic (exact) mass is 542 g/mol. The number of phenols is 1. The van der Waals surface area contributed by atoms with Gasteiger partial charge in [-0.05, 0) is 73.6 Å². The largest absolute Gasteiger partial charge is 0.508 e. The number of nitrogens with one attached hydrogen (secondary N) is 2. The lowest BCUT2D eigenvalue weighted by Crippen LogP contribution is -2.53. The van der Waals surface area contributed by atoms with E-state index in [0.29, 0.717) is 28.2 Å². The van der Waals surface area contributed by atoms with E-state index in [9.17, 15) is 29.1 Å². The molecule has 2 fully saturated rings. The fraction of sp³-hybridized carbons (Fsp3) is 0.310. The number of fused-ring (bicyclic) bond motifs is 5. The van der Waals surface area contributed by atoms with Crippen LogP contribution in [0.2, 0.25) is 0 Å². The minimum Gasteiger partial charge on any atom is -0.508 e. The van der Waals surface area contributed by atoms with E-state index in [1.54, 1.807) is 12.1 Å². The molecule has 2 saturated heterocycles. The van der Waals surface area contributed by atoms with Gasteiger partial charge in [0.1, 0.15) is 28.2 Å². The number of nitrogens with zero attached hydrogens (tertiary/aromatic N) is 2. The lowest BCUT2D eigenvalue weighted by molar-refractivity contribution is -0.130. The highest BCUT2D eigenvalue weighted by Gasteiger charge is 2.71. The molecule has 1 aromatic heterocycles. The van der Waals surface area contributed by atoms with Crippen LogP contribution in [-0.2, 0) is 39.2 Å². The number of halogens is 1. The Kier molecular flexibility index (Phi) is 5.21. The number of hydrogen-bond donors (Lipinski definition) is 3. The Morgan fingerprint density at radius 2 is 1.87 bits per heavy atom. The van der Waals surface area contributed by atoms with Crippen molar-refractivity contribution in [1.82, 2.24) is 5.32 Å². The molecule has 10 heteroatoms. The van der Waals surface area contributed by atoms with Crippen LogP contribution < -0.4 is 15.5 Å². The molecular weight excluding hydrogens is 519 g/mol. The molecular formula is C29H23FN4O4S. The molecule has 0 bridgehead atoms. The summed E-state index contributed by atoms with van der Waals surface area (Å²) in [6.45, 7) is 0. The fourth-order valence-electron chi connectivity index (χ4n) is 6.86. The third-order valence-electron chi connectivity index (χ3n) is 8.54. The lowest BCUT2D eigenvalue weighted by Gasteiger charge is -2.29. The zero-order valence-electron chi connectivity index (χ0n) is 20.7. The summed E-state index contributed by atoms with van der Waals surface area (Å²) in [7, 11) is 0. The second-order valence-electron chi connectivity index (χ2n) is 10.6. The Morgan fingerprint density at radius 1 is 1.10 bits per heavy atom. The molecule has 2 aromatic carbocycles. The molecule has 3 aliphatic heterocycles. The van der Waals surface area contributed by atoms with E-state index in [-0.39, 0.29) is 5.75 Å². The normalized spacial score (nSPS) is 26.9. The van der Waals surface area contributed by atoms with Crippen molar-refractivity contribution < 1.29 is 23.9 Å². The van der Waals surface area contributed by atoms with Crippen molar-refractivity contribution in [2.45, 2.75) is 43.7 Å². The average Bonchev–Trinajstić information content (AvgIpc) is 3.61. The third kappa shape index (κ3) is 3.27. The third-order valence-corrected chi connectivity index (χ3v) is 9.81. The first-order valence-corrected chi connectivity index (χ1v) is 13.7. The quantitative estimate of drug-likeness (QED) is 0.436. The first-order chi connectivity index (χ1) is 18.8. The summed E-state index contributed by atoms with van der Waals surface area (Å²) in [5.74, 6) is -4.05. The van der Waals surface area contributed by atoms with E-state index in [1.165, 1.54) is 41.7 Å². The molecule has 4 aliphatic rings. The molecule has 7 rings (SSSR count). The van der Waals surface area contributed by atoms with E-state index < -0.39 is 47.0 Å². The number of phenolic OH excluding ortho intramolecular Hbond substituents is 1. The maximum absolute atomic E-state index is 14.5. The van der Waals surface area contributed by atoms with Crippen molar-refractivity contribution in [3.8, 4) is 11.8 Å². The predicted molar refractivity (Wildman–Crippen MR) is 141 cm³/mol. The zero-order valence-corrected chi connectivity index (χ0v) is 21.5. The summed E-state index contributed by atoms with van der Waals surface area (Å²) < 4.78 is 14.5. The van der Waals surface area contributed by atoms with Crippen molar-refractivity contribution in [3.05, 3.63) is 75.4 Å². The first-order valence-electron chi connectivity index (χ1n) is 12.9. The van der Waals surface area contributed by atoms with Crippen LogP contribution >= 0.6 is 11.3 Å². The molecule has 1 spiro atoms. The standard InChI is InChI=1S/C29H23FN4O4S/c30-15-7-10-20-19(12-15)29(28(38)32-20)24-23(21(33-29)11-14-5-8-16(35)9-6-14)25(36)34(26(24)37)27-18(13-31)17-3-1-2-4-22(17)39-27/h5-10,12,21,23-24,33,35H,1-4,11H2,(H,32,38)/t21-,23+,24-,29-/m0/s1. The van der Waals surface area contributed by atoms with Crippen LogP contribution in [0.5, 0.6) is 5.75 Å². The number of amides is 3. The van der Waals surface area contributed by atoms with Crippen LogP contribution in [0.15, 0.2) is 42.5 Å². The Hall–Kier alpha value is -4.07. The SMILES string of the molecule is N#Cc1c(N2C(=O)[C@@H]3[C@H](Cc4ccc(O)cc4)N[C@]4(C(=O)Nc5ccc(F)cc54)[C@@H]3C2=O)sc2c1CCCC2. The molecule has 4 atom stereocenters. The maximum Gasteiger partial charge on any atom is 0.250 e. The van der Waals surface area contributed by atoms with E-state index in [0.717, 1.165) is 46.6 Å². The minimum atomic E-state index is -1.64. The van der Waals surface area contributed by atoms with E-state index >= 15 is 0 Å². The van der Waals surface area contributed by atoms with Gasteiger partial charge in [-0.1, -0.05) is 12.1 Å². The highest BCUT2D eigenvalue weighted by atomic mass is 32.1. The minimum absolute atomic E-state index is 0.0936. The second-order valence-corrected chi connectivity index (χ2v) is 11.7. The molecule has 0 saturated carbocycles. The number of aryl methyl sites for hydroxylation is 1. The Bertz CT molecular complexity index is 1630. The first kappa shape index (κ1) is 24.0. The van der Waals surface area contributed by atoms with Gasteiger partial charge in [0, 0.05) is 22.2 Å². The Labute approximate surface area is 227 Å². The van der Waals surface area contributed by atoms with Gasteiger partial charge in [-0.25, -0.2) is 9.29 Å². The molecule has 39 heavy (non-hydrogen) atoms. The van der Waals surface area contributed by atoms with Crippen LogP contribution in [-0.4, -0.2) is 28.9 Å². The second kappa shape index (κ2) is 8.46. The number of carbonyl (C=O) groups is 3. The molecule has 196 valence electrons. The van der Waals surface area contributed by atoms with Crippen LogP contribution in [0, 0.1) is 29.0 Å². The number of hydrogen-bond acceptors (Lipinski definition) is 7. The molecule has 1 aliphatic carbocycles. The van der Waals surface area contributed by atoms with Gasteiger partial charge >= 0.3 is 0 Å². The van der Waals surface area contributed by atoms with E-state index in [1.807, 2.05) is 0 Å². The number of imide groups is 1. The summed E-state index contributed by atoms with van der Waals surface area (Å²) in [5.41, 5.74) is 1.10. The molecule has 8 nitrogen and oxygen atoms in total. The highest BCUT2D eigenvalue weighted by Crippen LogP contribution is 2.55. The number of aromatic hydroxyl groups is 1. The van der Waals surface area contributed by atoms with Crippen molar-refractivity contribution >= 4 is 39.7 Å². The molecule has 0 radical (unpaired) electrons. The van der Waals surface area contributed by atoms with Crippen LogP contribution in [0.4, 0.5) is 15.1 Å².